The van der Waals surface area contributed by atoms with Crippen molar-refractivity contribution in [2.75, 3.05) is 13.1 Å². The number of hydrogen-bond donors (Lipinski definition) is 1. The second-order valence-electron chi connectivity index (χ2n) is 5.40. The van der Waals surface area contributed by atoms with Crippen LogP contribution in [0.2, 0.25) is 0 Å². The summed E-state index contributed by atoms with van der Waals surface area (Å²) in [7, 11) is 0. The van der Waals surface area contributed by atoms with Crippen molar-refractivity contribution >= 4 is 18.3 Å². The van der Waals surface area contributed by atoms with Crippen LogP contribution in [-0.4, -0.2) is 29.9 Å². The summed E-state index contributed by atoms with van der Waals surface area (Å²) in [6, 6.07) is 6.49. The summed E-state index contributed by atoms with van der Waals surface area (Å²) >= 11 is 0. The van der Waals surface area contributed by atoms with Crippen LogP contribution in [0.15, 0.2) is 24.3 Å². The summed E-state index contributed by atoms with van der Waals surface area (Å²) in [5, 5.41) is 0. The second kappa shape index (κ2) is 5.88. The Kier molecular flexibility index (Phi) is 4.93. The van der Waals surface area contributed by atoms with Crippen molar-refractivity contribution in [2.24, 2.45) is 5.73 Å². The van der Waals surface area contributed by atoms with Crippen molar-refractivity contribution in [2.45, 2.75) is 31.7 Å². The molecule has 0 aliphatic carbocycles. The molecule has 1 amide bonds. The van der Waals surface area contributed by atoms with Gasteiger partial charge in [0.15, 0.2) is 0 Å². The maximum atomic E-state index is 13.8. The zero-order valence-corrected chi connectivity index (χ0v) is 12.0. The van der Waals surface area contributed by atoms with Crippen LogP contribution in [-0.2, 0) is 10.2 Å². The summed E-state index contributed by atoms with van der Waals surface area (Å²) < 4.78 is 13.8. The Hall–Kier alpha value is -1.13. The third-order valence-electron chi connectivity index (χ3n) is 3.59. The molecule has 0 bridgehead atoms. The van der Waals surface area contributed by atoms with Gasteiger partial charge in [0, 0.05) is 24.7 Å². The highest BCUT2D eigenvalue weighted by molar-refractivity contribution is 5.87. The lowest BCUT2D eigenvalue weighted by atomic mass is 9.83. The number of carbonyl (C=O) groups is 1. The van der Waals surface area contributed by atoms with Gasteiger partial charge in [0.25, 0.3) is 0 Å². The highest BCUT2D eigenvalue weighted by Gasteiger charge is 2.37. The van der Waals surface area contributed by atoms with E-state index in [1.807, 2.05) is 0 Å². The zero-order chi connectivity index (χ0) is 13.3. The van der Waals surface area contributed by atoms with Gasteiger partial charge in [0.05, 0.1) is 5.41 Å². The van der Waals surface area contributed by atoms with Gasteiger partial charge in [-0.2, -0.15) is 0 Å². The predicted octanol–water partition coefficient (Wildman–Crippen LogP) is 2.08. The molecule has 0 spiro atoms. The average Bonchev–Trinajstić information content (AvgIpc) is 2.75. The minimum absolute atomic E-state index is 0. The van der Waals surface area contributed by atoms with Crippen LogP contribution in [0.1, 0.15) is 25.8 Å². The highest BCUT2D eigenvalue weighted by atomic mass is 35.5. The van der Waals surface area contributed by atoms with E-state index in [4.69, 9.17) is 5.73 Å². The minimum Gasteiger partial charge on any atom is -0.340 e. The first-order valence-corrected chi connectivity index (χ1v) is 6.23. The Morgan fingerprint density at radius 2 is 2.05 bits per heavy atom. The van der Waals surface area contributed by atoms with Gasteiger partial charge in [0.2, 0.25) is 5.91 Å². The monoisotopic (exact) mass is 286 g/mol. The third-order valence-corrected chi connectivity index (χ3v) is 3.59. The van der Waals surface area contributed by atoms with E-state index in [0.717, 1.165) is 6.42 Å². The van der Waals surface area contributed by atoms with Crippen molar-refractivity contribution in [1.29, 1.82) is 0 Å². The number of nitrogens with two attached hydrogens (primary N) is 1. The van der Waals surface area contributed by atoms with Gasteiger partial charge in [-0.25, -0.2) is 4.39 Å². The Bertz CT molecular complexity index is 465. The first-order chi connectivity index (χ1) is 8.43. The molecule has 1 heterocycles. The number of halogens is 2. The normalized spacial score (nSPS) is 19.2. The Morgan fingerprint density at radius 1 is 1.42 bits per heavy atom. The fourth-order valence-electron chi connectivity index (χ4n) is 2.45. The van der Waals surface area contributed by atoms with Gasteiger partial charge in [-0.15, -0.1) is 12.4 Å². The zero-order valence-electron chi connectivity index (χ0n) is 11.2. The van der Waals surface area contributed by atoms with E-state index in [0.29, 0.717) is 18.7 Å². The summed E-state index contributed by atoms with van der Waals surface area (Å²) in [6.45, 7) is 4.75. The molecule has 1 saturated heterocycles. The number of rotatable bonds is 2. The van der Waals surface area contributed by atoms with Crippen LogP contribution in [0.25, 0.3) is 0 Å². The minimum atomic E-state index is -0.852. The lowest BCUT2D eigenvalue weighted by Crippen LogP contribution is -2.43. The molecule has 2 rings (SSSR count). The van der Waals surface area contributed by atoms with E-state index in [9.17, 15) is 9.18 Å². The smallest absolute Gasteiger partial charge is 0.232 e. The van der Waals surface area contributed by atoms with Gasteiger partial charge < -0.3 is 10.6 Å². The first-order valence-electron chi connectivity index (χ1n) is 6.23. The quantitative estimate of drug-likeness (QED) is 0.905. The molecule has 1 fully saturated rings. The molecule has 106 valence electrons. The van der Waals surface area contributed by atoms with Gasteiger partial charge in [0.1, 0.15) is 5.82 Å². The van der Waals surface area contributed by atoms with Crippen LogP contribution in [0.3, 0.4) is 0 Å². The van der Waals surface area contributed by atoms with Crippen molar-refractivity contribution in [3.63, 3.8) is 0 Å². The fraction of sp³-hybridized carbons (Fsp3) is 0.500. The summed E-state index contributed by atoms with van der Waals surface area (Å²) in [6.07, 6.45) is 0.819. The number of likely N-dealkylation sites (tertiary alicyclic amines) is 1. The first kappa shape index (κ1) is 15.9. The van der Waals surface area contributed by atoms with Crippen LogP contribution >= 0.6 is 12.4 Å². The van der Waals surface area contributed by atoms with Crippen LogP contribution in [0.5, 0.6) is 0 Å². The van der Waals surface area contributed by atoms with E-state index < -0.39 is 5.41 Å². The van der Waals surface area contributed by atoms with E-state index in [1.165, 1.54) is 6.07 Å². The maximum absolute atomic E-state index is 13.8. The molecule has 0 unspecified atom stereocenters. The summed E-state index contributed by atoms with van der Waals surface area (Å²) in [5.74, 6) is -0.389. The van der Waals surface area contributed by atoms with E-state index in [1.54, 1.807) is 36.9 Å². The van der Waals surface area contributed by atoms with Crippen LogP contribution in [0.4, 0.5) is 4.39 Å². The van der Waals surface area contributed by atoms with Crippen molar-refractivity contribution in [1.82, 2.24) is 4.90 Å². The standard InChI is InChI=1S/C14H19FN2O.ClH/c1-14(2,11-5-3-4-6-12(11)15)13(18)17-8-7-10(16)9-17;/h3-6,10H,7-9,16H2,1-2H3;1H/t10-;/m1./s1. The van der Waals surface area contributed by atoms with Crippen LogP contribution < -0.4 is 5.73 Å². The highest BCUT2D eigenvalue weighted by Crippen LogP contribution is 2.29. The molecule has 0 saturated carbocycles. The van der Waals surface area contributed by atoms with Gasteiger partial charge in [-0.1, -0.05) is 18.2 Å². The van der Waals surface area contributed by atoms with Crippen LogP contribution in [0, 0.1) is 5.82 Å². The maximum Gasteiger partial charge on any atom is 0.232 e. The van der Waals surface area contributed by atoms with E-state index in [-0.39, 0.29) is 30.2 Å². The predicted molar refractivity (Wildman–Crippen MR) is 75.8 cm³/mol. The summed E-state index contributed by atoms with van der Waals surface area (Å²) in [5.41, 5.74) is 5.40. The Labute approximate surface area is 119 Å². The van der Waals surface area contributed by atoms with Crippen molar-refractivity contribution < 1.29 is 9.18 Å². The molecule has 1 atom stereocenters. The number of carbonyl (C=O) groups excluding carboxylic acids is 1. The molecule has 2 N–H and O–H groups in total. The second-order valence-corrected chi connectivity index (χ2v) is 5.40. The summed E-state index contributed by atoms with van der Waals surface area (Å²) in [4.78, 5) is 14.2. The molecule has 1 aliphatic heterocycles. The molecule has 0 radical (unpaired) electrons. The Morgan fingerprint density at radius 3 is 2.58 bits per heavy atom. The average molecular weight is 287 g/mol. The molecular formula is C14H20ClFN2O. The molecular weight excluding hydrogens is 267 g/mol. The third kappa shape index (κ3) is 3.07. The van der Waals surface area contributed by atoms with Crippen molar-refractivity contribution in [3.8, 4) is 0 Å². The lowest BCUT2D eigenvalue weighted by molar-refractivity contribution is -0.135. The van der Waals surface area contributed by atoms with Gasteiger partial charge in [-0.3, -0.25) is 4.79 Å². The molecule has 0 aromatic heterocycles. The largest absolute Gasteiger partial charge is 0.340 e. The van der Waals surface area contributed by atoms with Gasteiger partial charge >= 0.3 is 0 Å². The SMILES string of the molecule is CC(C)(C(=O)N1CC[C@@H](N)C1)c1ccccc1F.Cl. The van der Waals surface area contributed by atoms with Crippen molar-refractivity contribution in [3.05, 3.63) is 35.6 Å². The fourth-order valence-corrected chi connectivity index (χ4v) is 2.45. The Balaban J connectivity index is 0.00000180. The molecule has 1 aliphatic rings. The molecule has 5 heteroatoms. The van der Waals surface area contributed by atoms with E-state index >= 15 is 0 Å². The molecule has 3 nitrogen and oxygen atoms in total. The van der Waals surface area contributed by atoms with Gasteiger partial charge in [-0.05, 0) is 26.3 Å². The lowest BCUT2D eigenvalue weighted by Gasteiger charge is -2.29. The topological polar surface area (TPSA) is 46.3 Å². The molecule has 1 aromatic rings. The number of amides is 1. The number of benzene rings is 1. The molecule has 1 aromatic carbocycles. The molecule has 19 heavy (non-hydrogen) atoms. The number of hydrogen-bond acceptors (Lipinski definition) is 2. The van der Waals surface area contributed by atoms with E-state index in [2.05, 4.69) is 0 Å². The number of nitrogens with zero attached hydrogens (tertiary/aromatic N) is 1.